The summed E-state index contributed by atoms with van der Waals surface area (Å²) >= 11 is 0. The molecule has 0 heterocycles. The number of rotatable bonds is 4. The molecular formula is C14H21FNO2S. The molecule has 1 rings (SSSR count). The van der Waals surface area contributed by atoms with Crippen molar-refractivity contribution >= 4 is 10.0 Å². The molecule has 0 bridgehead atoms. The zero-order valence-electron chi connectivity index (χ0n) is 12.0. The molecule has 107 valence electrons. The highest BCUT2D eigenvalue weighted by Crippen LogP contribution is 2.29. The van der Waals surface area contributed by atoms with Crippen molar-refractivity contribution in [3.8, 4) is 0 Å². The van der Waals surface area contributed by atoms with Gasteiger partial charge in [0.05, 0.1) is 10.3 Å². The SMILES string of the molecule is C[CH][C@@](C)(NS(=O)(=O)C(C)(C)C)c1ccccc1F. The van der Waals surface area contributed by atoms with E-state index in [9.17, 15) is 12.8 Å². The first kappa shape index (κ1) is 16.1. The van der Waals surface area contributed by atoms with Gasteiger partial charge in [-0.05, 0) is 40.2 Å². The van der Waals surface area contributed by atoms with Crippen molar-refractivity contribution in [1.82, 2.24) is 4.72 Å². The number of benzene rings is 1. The molecule has 0 saturated carbocycles. The third-order valence-corrected chi connectivity index (χ3v) is 5.47. The molecule has 0 aliphatic heterocycles. The number of nitrogens with one attached hydrogen (secondary N) is 1. The average molecular weight is 286 g/mol. The first-order valence-corrected chi connectivity index (χ1v) is 7.61. The van der Waals surface area contributed by atoms with E-state index < -0.39 is 26.1 Å². The van der Waals surface area contributed by atoms with Crippen molar-refractivity contribution < 1.29 is 12.8 Å². The number of sulfonamides is 1. The zero-order chi connectivity index (χ0) is 14.9. The van der Waals surface area contributed by atoms with Gasteiger partial charge in [-0.15, -0.1) is 0 Å². The lowest BCUT2D eigenvalue weighted by molar-refractivity contribution is 0.451. The Morgan fingerprint density at radius 1 is 1.16 bits per heavy atom. The molecule has 3 nitrogen and oxygen atoms in total. The number of halogens is 1. The third-order valence-electron chi connectivity index (χ3n) is 3.16. The average Bonchev–Trinajstić information content (AvgIpc) is 2.27. The Morgan fingerprint density at radius 3 is 2.11 bits per heavy atom. The van der Waals surface area contributed by atoms with Crippen LogP contribution in [-0.4, -0.2) is 13.2 Å². The normalized spacial score (nSPS) is 16.1. The molecule has 1 N–H and O–H groups in total. The van der Waals surface area contributed by atoms with Gasteiger partial charge >= 0.3 is 0 Å². The van der Waals surface area contributed by atoms with Crippen LogP contribution in [0.3, 0.4) is 0 Å². The molecule has 0 aliphatic rings. The second-order valence-electron chi connectivity index (χ2n) is 5.69. The van der Waals surface area contributed by atoms with E-state index in [2.05, 4.69) is 4.72 Å². The summed E-state index contributed by atoms with van der Waals surface area (Å²) in [5, 5.41) is 0. The van der Waals surface area contributed by atoms with E-state index in [4.69, 9.17) is 0 Å². The van der Waals surface area contributed by atoms with Gasteiger partial charge in [0, 0.05) is 5.56 Å². The maximum Gasteiger partial charge on any atom is 0.217 e. The Labute approximate surface area is 115 Å². The fourth-order valence-corrected chi connectivity index (χ4v) is 2.68. The molecule has 0 spiro atoms. The van der Waals surface area contributed by atoms with Crippen LogP contribution in [0.2, 0.25) is 0 Å². The summed E-state index contributed by atoms with van der Waals surface area (Å²) < 4.78 is 40.0. The van der Waals surface area contributed by atoms with Crippen LogP contribution in [0.4, 0.5) is 4.39 Å². The molecule has 0 saturated heterocycles. The van der Waals surface area contributed by atoms with Crippen LogP contribution < -0.4 is 4.72 Å². The van der Waals surface area contributed by atoms with Crippen molar-refractivity contribution in [3.05, 3.63) is 42.1 Å². The van der Waals surface area contributed by atoms with E-state index in [0.29, 0.717) is 5.56 Å². The van der Waals surface area contributed by atoms with Crippen LogP contribution in [-0.2, 0) is 15.6 Å². The minimum absolute atomic E-state index is 0.310. The largest absolute Gasteiger partial charge is 0.217 e. The van der Waals surface area contributed by atoms with E-state index in [1.54, 1.807) is 59.2 Å². The highest BCUT2D eigenvalue weighted by atomic mass is 32.2. The lowest BCUT2D eigenvalue weighted by Gasteiger charge is -2.33. The summed E-state index contributed by atoms with van der Waals surface area (Å²) in [5.41, 5.74) is -0.761. The van der Waals surface area contributed by atoms with Crippen LogP contribution in [0.25, 0.3) is 0 Å². The van der Waals surface area contributed by atoms with Crippen molar-refractivity contribution in [2.45, 2.75) is 44.9 Å². The molecular weight excluding hydrogens is 265 g/mol. The van der Waals surface area contributed by atoms with Crippen molar-refractivity contribution in [2.75, 3.05) is 0 Å². The van der Waals surface area contributed by atoms with E-state index in [-0.39, 0.29) is 0 Å². The van der Waals surface area contributed by atoms with E-state index in [1.807, 2.05) is 0 Å². The number of hydrogen-bond acceptors (Lipinski definition) is 2. The molecule has 0 fully saturated rings. The smallest absolute Gasteiger partial charge is 0.212 e. The van der Waals surface area contributed by atoms with Crippen LogP contribution in [0.15, 0.2) is 24.3 Å². The quantitative estimate of drug-likeness (QED) is 0.925. The molecule has 0 aliphatic carbocycles. The first-order chi connectivity index (χ1) is 8.53. The first-order valence-electron chi connectivity index (χ1n) is 6.12. The maximum atomic E-state index is 13.9. The van der Waals surface area contributed by atoms with Gasteiger partial charge in [0.15, 0.2) is 0 Å². The minimum Gasteiger partial charge on any atom is -0.212 e. The molecule has 1 radical (unpaired) electrons. The second-order valence-corrected chi connectivity index (χ2v) is 8.12. The van der Waals surface area contributed by atoms with Gasteiger partial charge < -0.3 is 0 Å². The van der Waals surface area contributed by atoms with Gasteiger partial charge in [-0.2, -0.15) is 0 Å². The van der Waals surface area contributed by atoms with E-state index in [0.717, 1.165) is 0 Å². The standard InChI is InChI=1S/C14H21FNO2S/c1-6-14(5,11-9-7-8-10-12(11)15)16-19(17,18)13(2,3)4/h6-10,16H,1-5H3/t14-/m1/s1. The summed E-state index contributed by atoms with van der Waals surface area (Å²) in [4.78, 5) is 0. The highest BCUT2D eigenvalue weighted by Gasteiger charge is 2.38. The van der Waals surface area contributed by atoms with E-state index in [1.165, 1.54) is 6.07 Å². The summed E-state index contributed by atoms with van der Waals surface area (Å²) in [6.45, 7) is 8.17. The fraction of sp³-hybridized carbons (Fsp3) is 0.500. The van der Waals surface area contributed by atoms with Crippen LogP contribution in [0.1, 0.15) is 40.2 Å². The zero-order valence-corrected chi connectivity index (χ0v) is 12.8. The van der Waals surface area contributed by atoms with Gasteiger partial charge in [-0.25, -0.2) is 17.5 Å². The second kappa shape index (κ2) is 5.21. The molecule has 1 atom stereocenters. The predicted molar refractivity (Wildman–Crippen MR) is 75.5 cm³/mol. The lowest BCUT2D eigenvalue weighted by Crippen LogP contribution is -2.50. The minimum atomic E-state index is -3.58. The maximum absolute atomic E-state index is 13.9. The van der Waals surface area contributed by atoms with Crippen LogP contribution in [0.5, 0.6) is 0 Å². The topological polar surface area (TPSA) is 46.2 Å². The Balaban J connectivity index is 3.25. The van der Waals surface area contributed by atoms with Crippen LogP contribution >= 0.6 is 0 Å². The fourth-order valence-electron chi connectivity index (χ4n) is 1.58. The van der Waals surface area contributed by atoms with Gasteiger partial charge in [0.1, 0.15) is 5.82 Å². The molecule has 0 unspecified atom stereocenters. The Morgan fingerprint density at radius 2 is 1.68 bits per heavy atom. The molecule has 0 aromatic heterocycles. The number of hydrogen-bond donors (Lipinski definition) is 1. The van der Waals surface area contributed by atoms with Crippen molar-refractivity contribution in [2.24, 2.45) is 0 Å². The molecule has 1 aromatic carbocycles. The highest BCUT2D eigenvalue weighted by molar-refractivity contribution is 7.90. The Kier molecular flexibility index (Phi) is 4.42. The van der Waals surface area contributed by atoms with Crippen molar-refractivity contribution in [1.29, 1.82) is 0 Å². The summed E-state index contributed by atoms with van der Waals surface area (Å²) in [5.74, 6) is -0.431. The van der Waals surface area contributed by atoms with Gasteiger partial charge in [0.2, 0.25) is 10.0 Å². The van der Waals surface area contributed by atoms with Gasteiger partial charge in [0.25, 0.3) is 0 Å². The molecule has 0 amide bonds. The third kappa shape index (κ3) is 3.34. The predicted octanol–water partition coefficient (Wildman–Crippen LogP) is 2.98. The Hall–Kier alpha value is -0.940. The molecule has 1 aromatic rings. The van der Waals surface area contributed by atoms with E-state index >= 15 is 0 Å². The van der Waals surface area contributed by atoms with Gasteiger partial charge in [-0.3, -0.25) is 0 Å². The van der Waals surface area contributed by atoms with Crippen molar-refractivity contribution in [3.63, 3.8) is 0 Å². The lowest BCUT2D eigenvalue weighted by atomic mass is 9.90. The molecule has 19 heavy (non-hydrogen) atoms. The van der Waals surface area contributed by atoms with Crippen LogP contribution in [0, 0.1) is 12.2 Å². The monoisotopic (exact) mass is 286 g/mol. The molecule has 5 heteroatoms. The summed E-state index contributed by atoms with van der Waals surface area (Å²) in [6, 6.07) is 6.17. The van der Waals surface area contributed by atoms with Gasteiger partial charge in [-0.1, -0.05) is 25.1 Å². The Bertz CT molecular complexity index is 549. The summed E-state index contributed by atoms with van der Waals surface area (Å²) in [6.07, 6.45) is 1.65. The summed E-state index contributed by atoms with van der Waals surface area (Å²) in [7, 11) is -3.58.